The first-order valence-corrected chi connectivity index (χ1v) is 8.37. The molecule has 140 valence electrons. The number of ether oxygens (including phenoxy) is 1. The molecule has 3 aromatic heterocycles. The maximum absolute atomic E-state index is 12.0. The topological polar surface area (TPSA) is 121 Å². The minimum Gasteiger partial charge on any atom is -0.484 e. The third-order valence-electron chi connectivity index (χ3n) is 3.78. The van der Waals surface area contributed by atoms with E-state index in [9.17, 15) is 4.79 Å². The summed E-state index contributed by atoms with van der Waals surface area (Å²) >= 11 is 0. The van der Waals surface area contributed by atoms with Crippen molar-refractivity contribution in [1.29, 1.82) is 0 Å². The molecular weight excluding hydrogens is 362 g/mol. The van der Waals surface area contributed by atoms with Crippen LogP contribution in [-0.2, 0) is 11.3 Å². The number of hydrogen-bond donors (Lipinski definition) is 1. The van der Waals surface area contributed by atoms with E-state index in [-0.39, 0.29) is 19.1 Å². The molecule has 0 unspecified atom stereocenters. The quantitative estimate of drug-likeness (QED) is 0.513. The maximum Gasteiger partial charge on any atom is 0.258 e. The Hall–Kier alpha value is -4.08. The highest BCUT2D eigenvalue weighted by Crippen LogP contribution is 2.18. The molecule has 1 amide bonds. The van der Waals surface area contributed by atoms with Crippen molar-refractivity contribution in [1.82, 2.24) is 35.7 Å². The predicted molar refractivity (Wildman–Crippen MR) is 96.2 cm³/mol. The van der Waals surface area contributed by atoms with Gasteiger partial charge in [-0.05, 0) is 34.7 Å². The molecule has 1 aromatic carbocycles. The summed E-state index contributed by atoms with van der Waals surface area (Å²) in [5.74, 6) is 0.779. The lowest BCUT2D eigenvalue weighted by Crippen LogP contribution is -2.28. The van der Waals surface area contributed by atoms with E-state index in [1.54, 1.807) is 36.7 Å². The van der Waals surface area contributed by atoms with Gasteiger partial charge >= 0.3 is 0 Å². The zero-order chi connectivity index (χ0) is 19.2. The highest BCUT2D eigenvalue weighted by atomic mass is 16.5. The summed E-state index contributed by atoms with van der Waals surface area (Å²) < 4.78 is 12.3. The fourth-order valence-corrected chi connectivity index (χ4v) is 2.43. The second-order valence-corrected chi connectivity index (χ2v) is 5.74. The number of hydrogen-bond acceptors (Lipinski definition) is 8. The standard InChI is InChI=1S/C18H15N7O3/c26-18(11-27-15-5-1-4-14(7-15)25-12-21-23-24-25)20-10-16-8-17(22-28-16)13-3-2-6-19-9-13/h1-9,12H,10-11H2,(H,20,26). The van der Waals surface area contributed by atoms with Gasteiger partial charge < -0.3 is 14.6 Å². The molecule has 10 heteroatoms. The number of nitrogens with zero attached hydrogens (tertiary/aromatic N) is 6. The summed E-state index contributed by atoms with van der Waals surface area (Å²) in [7, 11) is 0. The maximum atomic E-state index is 12.0. The Morgan fingerprint density at radius 1 is 1.21 bits per heavy atom. The van der Waals surface area contributed by atoms with E-state index in [1.807, 2.05) is 18.2 Å². The molecule has 4 rings (SSSR count). The first-order valence-electron chi connectivity index (χ1n) is 8.37. The van der Waals surface area contributed by atoms with E-state index in [1.165, 1.54) is 11.0 Å². The number of pyridine rings is 1. The highest BCUT2D eigenvalue weighted by molar-refractivity contribution is 5.77. The van der Waals surface area contributed by atoms with E-state index >= 15 is 0 Å². The molecule has 3 heterocycles. The zero-order valence-electron chi connectivity index (χ0n) is 14.6. The lowest BCUT2D eigenvalue weighted by Gasteiger charge is -2.07. The Bertz CT molecular complexity index is 1050. The summed E-state index contributed by atoms with van der Waals surface area (Å²) in [6.07, 6.45) is 4.85. The Kier molecular flexibility index (Phi) is 5.00. The fourth-order valence-electron chi connectivity index (χ4n) is 2.43. The minimum absolute atomic E-state index is 0.136. The molecule has 10 nitrogen and oxygen atoms in total. The molecule has 0 aliphatic heterocycles. The van der Waals surface area contributed by atoms with Crippen molar-refractivity contribution < 1.29 is 14.1 Å². The molecule has 0 saturated carbocycles. The first kappa shape index (κ1) is 17.3. The third kappa shape index (κ3) is 4.18. The van der Waals surface area contributed by atoms with E-state index in [0.29, 0.717) is 17.2 Å². The van der Waals surface area contributed by atoms with E-state index in [0.717, 1.165) is 11.3 Å². The van der Waals surface area contributed by atoms with E-state index < -0.39 is 0 Å². The Balaban J connectivity index is 1.29. The van der Waals surface area contributed by atoms with Gasteiger partial charge in [-0.25, -0.2) is 4.68 Å². The number of aromatic nitrogens is 6. The van der Waals surface area contributed by atoms with Crippen LogP contribution in [-0.4, -0.2) is 42.9 Å². The van der Waals surface area contributed by atoms with Crippen LogP contribution in [0.4, 0.5) is 0 Å². The number of carbonyl (C=O) groups excluding carboxylic acids is 1. The number of tetrazole rings is 1. The highest BCUT2D eigenvalue weighted by Gasteiger charge is 2.09. The van der Waals surface area contributed by atoms with Gasteiger partial charge in [0.25, 0.3) is 5.91 Å². The smallest absolute Gasteiger partial charge is 0.258 e. The molecule has 0 aliphatic rings. The normalized spacial score (nSPS) is 10.6. The first-order chi connectivity index (χ1) is 13.8. The molecule has 0 atom stereocenters. The molecular formula is C18H15N7O3. The summed E-state index contributed by atoms with van der Waals surface area (Å²) in [5.41, 5.74) is 2.23. The lowest BCUT2D eigenvalue weighted by molar-refractivity contribution is -0.123. The van der Waals surface area contributed by atoms with Gasteiger partial charge in [-0.1, -0.05) is 11.2 Å². The van der Waals surface area contributed by atoms with Crippen LogP contribution in [0.1, 0.15) is 5.76 Å². The second kappa shape index (κ2) is 8.08. The molecule has 0 aliphatic carbocycles. The fraction of sp³-hybridized carbons (Fsp3) is 0.111. The van der Waals surface area contributed by atoms with Crippen LogP contribution in [0.2, 0.25) is 0 Å². The summed E-state index contributed by atoms with van der Waals surface area (Å²) in [5, 5.41) is 17.7. The molecule has 28 heavy (non-hydrogen) atoms. The predicted octanol–water partition coefficient (Wildman–Crippen LogP) is 1.41. The van der Waals surface area contributed by atoms with Crippen molar-refractivity contribution >= 4 is 5.91 Å². The molecule has 1 N–H and O–H groups in total. The van der Waals surface area contributed by atoms with Crippen LogP contribution < -0.4 is 10.1 Å². The number of benzene rings is 1. The van der Waals surface area contributed by atoms with Gasteiger partial charge in [0.1, 0.15) is 17.8 Å². The number of amides is 1. The van der Waals surface area contributed by atoms with Crippen molar-refractivity contribution in [2.24, 2.45) is 0 Å². The molecule has 0 radical (unpaired) electrons. The van der Waals surface area contributed by atoms with E-state index in [2.05, 4.69) is 31.0 Å². The van der Waals surface area contributed by atoms with Crippen LogP contribution >= 0.6 is 0 Å². The number of nitrogens with one attached hydrogen (secondary N) is 1. The monoisotopic (exact) mass is 377 g/mol. The van der Waals surface area contributed by atoms with Gasteiger partial charge in [-0.15, -0.1) is 5.10 Å². The largest absolute Gasteiger partial charge is 0.484 e. The van der Waals surface area contributed by atoms with Crippen LogP contribution in [0, 0.1) is 0 Å². The number of rotatable bonds is 7. The van der Waals surface area contributed by atoms with Gasteiger partial charge in [-0.2, -0.15) is 0 Å². The average molecular weight is 377 g/mol. The van der Waals surface area contributed by atoms with Crippen molar-refractivity contribution in [3.8, 4) is 22.7 Å². The van der Waals surface area contributed by atoms with Crippen LogP contribution in [0.25, 0.3) is 16.9 Å². The molecule has 0 spiro atoms. The van der Waals surface area contributed by atoms with Crippen molar-refractivity contribution in [3.63, 3.8) is 0 Å². The Labute approximate surface area is 159 Å². The zero-order valence-corrected chi connectivity index (χ0v) is 14.6. The van der Waals surface area contributed by atoms with Crippen LogP contribution in [0.5, 0.6) is 5.75 Å². The lowest BCUT2D eigenvalue weighted by atomic mass is 10.2. The average Bonchev–Trinajstić information content (AvgIpc) is 3.44. The van der Waals surface area contributed by atoms with Crippen molar-refractivity contribution in [2.75, 3.05) is 6.61 Å². The molecule has 4 aromatic rings. The summed E-state index contributed by atoms with van der Waals surface area (Å²) in [4.78, 5) is 16.1. The Morgan fingerprint density at radius 3 is 3.00 bits per heavy atom. The third-order valence-corrected chi connectivity index (χ3v) is 3.78. The number of carbonyl (C=O) groups is 1. The van der Waals surface area contributed by atoms with Crippen LogP contribution in [0.15, 0.2) is 65.7 Å². The van der Waals surface area contributed by atoms with Gasteiger partial charge in [0.15, 0.2) is 12.4 Å². The summed E-state index contributed by atoms with van der Waals surface area (Å²) in [6.45, 7) is 0.0722. The van der Waals surface area contributed by atoms with Gasteiger partial charge in [0.2, 0.25) is 0 Å². The van der Waals surface area contributed by atoms with Crippen LogP contribution in [0.3, 0.4) is 0 Å². The Morgan fingerprint density at radius 2 is 2.18 bits per heavy atom. The second-order valence-electron chi connectivity index (χ2n) is 5.74. The SMILES string of the molecule is O=C(COc1cccc(-n2cnnn2)c1)NCc1cc(-c2cccnc2)no1. The minimum atomic E-state index is -0.285. The molecule has 0 bridgehead atoms. The summed E-state index contributed by atoms with van der Waals surface area (Å²) in [6, 6.07) is 12.6. The van der Waals surface area contributed by atoms with Gasteiger partial charge in [0.05, 0.1) is 12.2 Å². The van der Waals surface area contributed by atoms with Crippen molar-refractivity contribution in [3.05, 3.63) is 66.9 Å². The van der Waals surface area contributed by atoms with E-state index in [4.69, 9.17) is 9.26 Å². The molecule has 0 fully saturated rings. The van der Waals surface area contributed by atoms with Gasteiger partial charge in [0, 0.05) is 30.1 Å². The van der Waals surface area contributed by atoms with Gasteiger partial charge in [-0.3, -0.25) is 9.78 Å². The molecule has 0 saturated heterocycles. The van der Waals surface area contributed by atoms with Crippen molar-refractivity contribution in [2.45, 2.75) is 6.54 Å².